The first-order valence-corrected chi connectivity index (χ1v) is 12.8. The molecular formula is C28H36N8O2. The Morgan fingerprint density at radius 3 is 2.71 bits per heavy atom. The summed E-state index contributed by atoms with van der Waals surface area (Å²) >= 11 is 0. The SMILES string of the molecule is C=C(C)C(=O)NC1CCCN(c2cncnc2-c2ccc(CNC(=O)c3cn(C(C)(C)C)nn3)c(C)c2)C1. The van der Waals surface area contributed by atoms with Crippen LogP contribution in [-0.2, 0) is 16.9 Å². The summed E-state index contributed by atoms with van der Waals surface area (Å²) in [4.78, 5) is 35.9. The van der Waals surface area contributed by atoms with E-state index < -0.39 is 0 Å². The average molecular weight is 517 g/mol. The minimum atomic E-state index is -0.263. The molecule has 3 heterocycles. The molecule has 0 spiro atoms. The monoisotopic (exact) mass is 516 g/mol. The molecule has 38 heavy (non-hydrogen) atoms. The lowest BCUT2D eigenvalue weighted by Crippen LogP contribution is -2.48. The van der Waals surface area contributed by atoms with Crippen LogP contribution in [0.2, 0.25) is 0 Å². The van der Waals surface area contributed by atoms with Crippen LogP contribution in [0, 0.1) is 6.92 Å². The van der Waals surface area contributed by atoms with Gasteiger partial charge in [-0.1, -0.05) is 23.9 Å². The molecule has 1 fully saturated rings. The maximum absolute atomic E-state index is 12.6. The molecule has 2 N–H and O–H groups in total. The van der Waals surface area contributed by atoms with Gasteiger partial charge in [0.15, 0.2) is 5.69 Å². The molecule has 3 aromatic rings. The van der Waals surface area contributed by atoms with E-state index in [2.05, 4.69) is 48.5 Å². The predicted molar refractivity (Wildman–Crippen MR) is 147 cm³/mol. The molecule has 0 bridgehead atoms. The van der Waals surface area contributed by atoms with E-state index in [9.17, 15) is 9.59 Å². The smallest absolute Gasteiger partial charge is 0.273 e. The third kappa shape index (κ3) is 6.24. The molecule has 1 atom stereocenters. The number of amides is 2. The topological polar surface area (TPSA) is 118 Å². The van der Waals surface area contributed by atoms with Gasteiger partial charge in [-0.3, -0.25) is 9.59 Å². The Morgan fingerprint density at radius 2 is 2.03 bits per heavy atom. The number of hydrogen-bond donors (Lipinski definition) is 2. The molecular weight excluding hydrogens is 480 g/mol. The molecule has 0 aliphatic carbocycles. The Morgan fingerprint density at radius 1 is 1.24 bits per heavy atom. The van der Waals surface area contributed by atoms with Crippen molar-refractivity contribution in [3.05, 3.63) is 65.9 Å². The van der Waals surface area contributed by atoms with Crippen molar-refractivity contribution >= 4 is 17.5 Å². The Bertz CT molecular complexity index is 1340. The minimum Gasteiger partial charge on any atom is -0.366 e. The first kappa shape index (κ1) is 27.0. The highest BCUT2D eigenvalue weighted by molar-refractivity contribution is 5.92. The zero-order chi connectivity index (χ0) is 27.4. The molecule has 200 valence electrons. The predicted octanol–water partition coefficient (Wildman–Crippen LogP) is 3.39. The lowest BCUT2D eigenvalue weighted by Gasteiger charge is -2.35. The second kappa shape index (κ2) is 11.1. The maximum Gasteiger partial charge on any atom is 0.273 e. The zero-order valence-electron chi connectivity index (χ0n) is 22.8. The van der Waals surface area contributed by atoms with Gasteiger partial charge in [-0.25, -0.2) is 14.6 Å². The first-order chi connectivity index (χ1) is 18.0. The fourth-order valence-corrected chi connectivity index (χ4v) is 4.40. The largest absolute Gasteiger partial charge is 0.366 e. The van der Waals surface area contributed by atoms with E-state index in [1.807, 2.05) is 46.0 Å². The highest BCUT2D eigenvalue weighted by Crippen LogP contribution is 2.31. The fraction of sp³-hybridized carbons (Fsp3) is 0.429. The average Bonchev–Trinajstić information content (AvgIpc) is 3.39. The Hall–Kier alpha value is -4.08. The van der Waals surface area contributed by atoms with Crippen molar-refractivity contribution < 1.29 is 9.59 Å². The van der Waals surface area contributed by atoms with Gasteiger partial charge < -0.3 is 15.5 Å². The van der Waals surface area contributed by atoms with Gasteiger partial charge >= 0.3 is 0 Å². The molecule has 2 amide bonds. The molecule has 2 aromatic heterocycles. The number of anilines is 1. The van der Waals surface area contributed by atoms with Gasteiger partial charge in [0, 0.05) is 36.8 Å². The summed E-state index contributed by atoms with van der Waals surface area (Å²) in [6.07, 6.45) is 6.93. The number of carbonyl (C=O) groups excluding carboxylic acids is 2. The van der Waals surface area contributed by atoms with E-state index in [-0.39, 0.29) is 23.4 Å². The fourth-order valence-electron chi connectivity index (χ4n) is 4.40. The molecule has 1 saturated heterocycles. The molecule has 1 aromatic carbocycles. The molecule has 0 saturated carbocycles. The molecule has 1 aliphatic rings. The van der Waals surface area contributed by atoms with Gasteiger partial charge in [-0.05, 0) is 64.7 Å². The number of carbonyl (C=O) groups is 2. The number of piperidine rings is 1. The van der Waals surface area contributed by atoms with Crippen LogP contribution >= 0.6 is 0 Å². The Labute approximate surface area is 223 Å². The summed E-state index contributed by atoms with van der Waals surface area (Å²) in [5, 5.41) is 14.1. The summed E-state index contributed by atoms with van der Waals surface area (Å²) in [7, 11) is 0. The summed E-state index contributed by atoms with van der Waals surface area (Å²) in [5.41, 5.74) is 5.33. The molecule has 4 rings (SSSR count). The van der Waals surface area contributed by atoms with Crippen LogP contribution < -0.4 is 15.5 Å². The lowest BCUT2D eigenvalue weighted by atomic mass is 10.0. The summed E-state index contributed by atoms with van der Waals surface area (Å²) in [6.45, 7) is 15.4. The molecule has 10 heteroatoms. The second-order valence-electron chi connectivity index (χ2n) is 10.8. The van der Waals surface area contributed by atoms with E-state index >= 15 is 0 Å². The zero-order valence-corrected chi connectivity index (χ0v) is 22.8. The van der Waals surface area contributed by atoms with Crippen molar-refractivity contribution in [1.82, 2.24) is 35.6 Å². The van der Waals surface area contributed by atoms with Crippen LogP contribution in [0.5, 0.6) is 0 Å². The van der Waals surface area contributed by atoms with Crippen LogP contribution in [0.1, 0.15) is 62.2 Å². The normalized spacial score (nSPS) is 15.7. The van der Waals surface area contributed by atoms with Crippen LogP contribution in [0.25, 0.3) is 11.3 Å². The second-order valence-corrected chi connectivity index (χ2v) is 10.8. The number of benzene rings is 1. The van der Waals surface area contributed by atoms with E-state index in [1.165, 1.54) is 0 Å². The van der Waals surface area contributed by atoms with Crippen molar-refractivity contribution in [3.8, 4) is 11.3 Å². The lowest BCUT2D eigenvalue weighted by molar-refractivity contribution is -0.118. The molecule has 0 radical (unpaired) electrons. The van der Waals surface area contributed by atoms with Gasteiger partial charge in [0.05, 0.1) is 29.3 Å². The maximum atomic E-state index is 12.6. The third-order valence-electron chi connectivity index (χ3n) is 6.65. The Kier molecular flexibility index (Phi) is 7.89. The van der Waals surface area contributed by atoms with E-state index in [4.69, 9.17) is 0 Å². The number of rotatable bonds is 7. The third-order valence-corrected chi connectivity index (χ3v) is 6.65. The summed E-state index contributed by atoms with van der Waals surface area (Å²) < 4.78 is 1.68. The van der Waals surface area contributed by atoms with Gasteiger partial charge in [0.2, 0.25) is 5.91 Å². The van der Waals surface area contributed by atoms with Crippen LogP contribution in [-0.4, -0.2) is 55.9 Å². The minimum absolute atomic E-state index is 0.0405. The number of hydrogen-bond acceptors (Lipinski definition) is 7. The van der Waals surface area contributed by atoms with Crippen molar-refractivity contribution in [3.63, 3.8) is 0 Å². The van der Waals surface area contributed by atoms with Crippen LogP contribution in [0.3, 0.4) is 0 Å². The quantitative estimate of drug-likeness (QED) is 0.462. The van der Waals surface area contributed by atoms with E-state index in [1.54, 1.807) is 24.1 Å². The van der Waals surface area contributed by atoms with Crippen molar-refractivity contribution in [2.24, 2.45) is 0 Å². The Balaban J connectivity index is 1.46. The molecule has 10 nitrogen and oxygen atoms in total. The van der Waals surface area contributed by atoms with Crippen LogP contribution in [0.4, 0.5) is 5.69 Å². The van der Waals surface area contributed by atoms with Gasteiger partial charge in [-0.15, -0.1) is 5.10 Å². The highest BCUT2D eigenvalue weighted by Gasteiger charge is 2.24. The van der Waals surface area contributed by atoms with Gasteiger partial charge in [0.25, 0.3) is 5.91 Å². The van der Waals surface area contributed by atoms with Crippen molar-refractivity contribution in [1.29, 1.82) is 0 Å². The van der Waals surface area contributed by atoms with E-state index in [0.29, 0.717) is 24.4 Å². The number of nitrogens with one attached hydrogen (secondary N) is 2. The van der Waals surface area contributed by atoms with Crippen LogP contribution in [0.15, 0.2) is 49.1 Å². The highest BCUT2D eigenvalue weighted by atomic mass is 16.2. The number of nitrogens with zero attached hydrogens (tertiary/aromatic N) is 6. The molecule has 1 unspecified atom stereocenters. The number of aromatic nitrogens is 5. The van der Waals surface area contributed by atoms with Gasteiger partial charge in [-0.2, -0.15) is 0 Å². The summed E-state index contributed by atoms with van der Waals surface area (Å²) in [5.74, 6) is -0.376. The molecule has 1 aliphatic heterocycles. The van der Waals surface area contributed by atoms with Crippen molar-refractivity contribution in [2.45, 2.75) is 65.6 Å². The summed E-state index contributed by atoms with van der Waals surface area (Å²) in [6, 6.07) is 6.14. The standard InChI is InChI=1S/C28H36N8O2/c1-18(2)26(37)32-22-8-7-11-35(15-22)24-14-29-17-31-25(24)20-9-10-21(19(3)12-20)13-30-27(38)23-16-36(34-33-23)28(4,5)6/h9-10,12,14,16-17,22H,1,7-8,11,13,15H2,2-6H3,(H,30,38)(H,32,37). The number of aryl methyl sites for hydroxylation is 1. The van der Waals surface area contributed by atoms with E-state index in [0.717, 1.165) is 47.5 Å². The first-order valence-electron chi connectivity index (χ1n) is 12.8. The van der Waals surface area contributed by atoms with Crippen molar-refractivity contribution in [2.75, 3.05) is 18.0 Å². The van der Waals surface area contributed by atoms with Gasteiger partial charge in [0.1, 0.15) is 6.33 Å².